The van der Waals surface area contributed by atoms with Gasteiger partial charge in [0.2, 0.25) is 5.91 Å². The van der Waals surface area contributed by atoms with Gasteiger partial charge in [-0.25, -0.2) is 4.39 Å². The summed E-state index contributed by atoms with van der Waals surface area (Å²) in [5.74, 6) is -0.664. The Kier molecular flexibility index (Phi) is 5.68. The molecule has 3 aromatic rings. The van der Waals surface area contributed by atoms with E-state index in [2.05, 4.69) is 5.10 Å². The van der Waals surface area contributed by atoms with Crippen molar-refractivity contribution < 1.29 is 9.18 Å². The van der Waals surface area contributed by atoms with Crippen LogP contribution in [-0.2, 0) is 24.3 Å². The fourth-order valence-corrected chi connectivity index (χ4v) is 2.92. The highest BCUT2D eigenvalue weighted by Crippen LogP contribution is 2.20. The minimum Gasteiger partial charge on any atom is -0.341 e. The van der Waals surface area contributed by atoms with E-state index >= 15 is 0 Å². The maximum atomic E-state index is 13.8. The van der Waals surface area contributed by atoms with Crippen LogP contribution in [0.25, 0.3) is 0 Å². The molecule has 3 rings (SSSR count). The van der Waals surface area contributed by atoms with E-state index in [9.17, 15) is 9.18 Å². The highest BCUT2D eigenvalue weighted by molar-refractivity contribution is 6.31. The maximum Gasteiger partial charge on any atom is 0.227 e. The molecule has 4 nitrogen and oxygen atoms in total. The fourth-order valence-electron chi connectivity index (χ4n) is 2.69. The van der Waals surface area contributed by atoms with Crippen LogP contribution in [0, 0.1) is 5.82 Å². The van der Waals surface area contributed by atoms with Crippen LogP contribution in [-0.4, -0.2) is 27.6 Å². The van der Waals surface area contributed by atoms with Gasteiger partial charge in [-0.15, -0.1) is 0 Å². The molecular formula is C20H19ClFN3O. The number of hydrogen-bond acceptors (Lipinski definition) is 2. The van der Waals surface area contributed by atoms with Gasteiger partial charge in [0.15, 0.2) is 0 Å². The van der Waals surface area contributed by atoms with Gasteiger partial charge >= 0.3 is 0 Å². The monoisotopic (exact) mass is 371 g/mol. The van der Waals surface area contributed by atoms with Crippen LogP contribution in [0.5, 0.6) is 0 Å². The summed E-state index contributed by atoms with van der Waals surface area (Å²) in [6, 6.07) is 14.4. The molecule has 0 aliphatic heterocycles. The molecule has 0 aliphatic carbocycles. The highest BCUT2D eigenvalue weighted by Gasteiger charge is 2.16. The van der Waals surface area contributed by atoms with Crippen molar-refractivity contribution in [3.63, 3.8) is 0 Å². The molecule has 0 saturated heterocycles. The number of benzene rings is 2. The Bertz CT molecular complexity index is 875. The first kappa shape index (κ1) is 18.1. The van der Waals surface area contributed by atoms with Crippen molar-refractivity contribution in [3.8, 4) is 0 Å². The lowest BCUT2D eigenvalue weighted by Crippen LogP contribution is -2.28. The Labute approximate surface area is 156 Å². The normalized spacial score (nSPS) is 10.7. The van der Waals surface area contributed by atoms with Gasteiger partial charge in [0.25, 0.3) is 0 Å². The second-order valence-electron chi connectivity index (χ2n) is 6.16. The molecule has 0 atom stereocenters. The van der Waals surface area contributed by atoms with Gasteiger partial charge in [-0.05, 0) is 17.7 Å². The Balaban J connectivity index is 1.61. The van der Waals surface area contributed by atoms with E-state index in [1.807, 2.05) is 41.2 Å². The predicted octanol–water partition coefficient (Wildman–Crippen LogP) is 3.93. The lowest BCUT2D eigenvalue weighted by Gasteiger charge is -2.17. The van der Waals surface area contributed by atoms with E-state index in [4.69, 9.17) is 11.6 Å². The largest absolute Gasteiger partial charge is 0.341 e. The lowest BCUT2D eigenvalue weighted by atomic mass is 10.1. The van der Waals surface area contributed by atoms with Crippen LogP contribution < -0.4 is 0 Å². The highest BCUT2D eigenvalue weighted by atomic mass is 35.5. The van der Waals surface area contributed by atoms with Crippen LogP contribution in [0.1, 0.15) is 16.7 Å². The number of halogens is 2. The summed E-state index contributed by atoms with van der Waals surface area (Å²) < 4.78 is 15.7. The first-order valence-corrected chi connectivity index (χ1v) is 8.63. The van der Waals surface area contributed by atoms with E-state index in [0.717, 1.165) is 11.1 Å². The number of hydrogen-bond donors (Lipinski definition) is 0. The minimum absolute atomic E-state index is 0.0693. The Morgan fingerprint density at radius 2 is 1.92 bits per heavy atom. The van der Waals surface area contributed by atoms with Crippen LogP contribution in [0.2, 0.25) is 5.02 Å². The third kappa shape index (κ3) is 4.49. The van der Waals surface area contributed by atoms with Crippen molar-refractivity contribution in [2.75, 3.05) is 7.05 Å². The number of carbonyl (C=O) groups excluding carboxylic acids is 1. The van der Waals surface area contributed by atoms with Crippen LogP contribution in [0.4, 0.5) is 4.39 Å². The third-order valence-electron chi connectivity index (χ3n) is 4.11. The number of rotatable bonds is 6. The first-order valence-electron chi connectivity index (χ1n) is 8.25. The molecule has 0 N–H and O–H groups in total. The Hall–Kier alpha value is -2.66. The van der Waals surface area contributed by atoms with Gasteiger partial charge in [-0.2, -0.15) is 5.10 Å². The SMILES string of the molecule is CN(Cc1cnn(Cc2ccccc2)c1)C(=O)Cc1c(F)cccc1Cl. The molecule has 1 heterocycles. The molecule has 1 aromatic heterocycles. The molecule has 6 heteroatoms. The van der Waals surface area contributed by atoms with Crippen LogP contribution in [0.15, 0.2) is 60.9 Å². The van der Waals surface area contributed by atoms with Crippen molar-refractivity contribution in [3.05, 3.63) is 88.5 Å². The number of nitrogens with zero attached hydrogens (tertiary/aromatic N) is 3. The smallest absolute Gasteiger partial charge is 0.227 e. The summed E-state index contributed by atoms with van der Waals surface area (Å²) in [5.41, 5.74) is 2.29. The molecule has 0 saturated carbocycles. The summed E-state index contributed by atoms with van der Waals surface area (Å²) in [4.78, 5) is 13.9. The minimum atomic E-state index is -0.463. The molecule has 0 aliphatic rings. The molecule has 0 fully saturated rings. The predicted molar refractivity (Wildman–Crippen MR) is 99.4 cm³/mol. The van der Waals surface area contributed by atoms with Crippen molar-refractivity contribution >= 4 is 17.5 Å². The van der Waals surface area contributed by atoms with Gasteiger partial charge in [0.1, 0.15) is 5.82 Å². The zero-order valence-electron chi connectivity index (χ0n) is 14.4. The molecule has 0 unspecified atom stereocenters. The first-order chi connectivity index (χ1) is 12.5. The van der Waals surface area contributed by atoms with E-state index < -0.39 is 5.82 Å². The van der Waals surface area contributed by atoms with Crippen LogP contribution in [0.3, 0.4) is 0 Å². The van der Waals surface area contributed by atoms with Crippen molar-refractivity contribution in [2.24, 2.45) is 0 Å². The standard InChI is InChI=1S/C20H19ClFN3O/c1-24(20(26)10-17-18(21)8-5-9-19(17)22)12-16-11-23-25(14-16)13-15-6-3-2-4-7-15/h2-9,11,14H,10,12-13H2,1H3. The summed E-state index contributed by atoms with van der Waals surface area (Å²) >= 11 is 5.99. The Morgan fingerprint density at radius 3 is 2.65 bits per heavy atom. The van der Waals surface area contributed by atoms with Gasteiger partial charge < -0.3 is 4.90 Å². The quantitative estimate of drug-likeness (QED) is 0.658. The number of amides is 1. The van der Waals surface area contributed by atoms with E-state index in [1.54, 1.807) is 24.2 Å². The van der Waals surface area contributed by atoms with E-state index in [0.29, 0.717) is 13.1 Å². The summed E-state index contributed by atoms with van der Waals surface area (Å²) in [7, 11) is 1.69. The average Bonchev–Trinajstić information content (AvgIpc) is 3.05. The molecule has 2 aromatic carbocycles. The molecule has 1 amide bonds. The maximum absolute atomic E-state index is 13.8. The second-order valence-corrected chi connectivity index (χ2v) is 6.57. The van der Waals surface area contributed by atoms with Crippen LogP contribution >= 0.6 is 11.6 Å². The number of aromatic nitrogens is 2. The summed E-state index contributed by atoms with van der Waals surface area (Å²) in [6.07, 6.45) is 3.58. The van der Waals surface area contributed by atoms with Crippen molar-refractivity contribution in [1.29, 1.82) is 0 Å². The lowest BCUT2D eigenvalue weighted by molar-refractivity contribution is -0.129. The molecule has 26 heavy (non-hydrogen) atoms. The summed E-state index contributed by atoms with van der Waals surface area (Å²) in [6.45, 7) is 1.07. The molecule has 134 valence electrons. The van der Waals surface area contributed by atoms with Gasteiger partial charge in [0.05, 0.1) is 19.2 Å². The Morgan fingerprint density at radius 1 is 1.15 bits per heavy atom. The number of carbonyl (C=O) groups is 1. The average molecular weight is 372 g/mol. The van der Waals surface area contributed by atoms with Crippen molar-refractivity contribution in [1.82, 2.24) is 14.7 Å². The summed E-state index contributed by atoms with van der Waals surface area (Å²) in [5, 5.41) is 4.60. The fraction of sp³-hybridized carbons (Fsp3) is 0.200. The molecule has 0 radical (unpaired) electrons. The number of likely N-dealkylation sites (N-methyl/N-ethyl adjacent to an activating group) is 1. The second kappa shape index (κ2) is 8.15. The van der Waals surface area contributed by atoms with Crippen molar-refractivity contribution in [2.45, 2.75) is 19.5 Å². The third-order valence-corrected chi connectivity index (χ3v) is 4.46. The van der Waals surface area contributed by atoms with E-state index in [1.165, 1.54) is 12.1 Å². The molecule has 0 bridgehead atoms. The zero-order valence-corrected chi connectivity index (χ0v) is 15.2. The molecule has 0 spiro atoms. The zero-order chi connectivity index (χ0) is 18.5. The topological polar surface area (TPSA) is 38.1 Å². The molecular weight excluding hydrogens is 353 g/mol. The van der Waals surface area contributed by atoms with Gasteiger partial charge in [0, 0.05) is 35.9 Å². The van der Waals surface area contributed by atoms with Gasteiger partial charge in [-0.1, -0.05) is 48.0 Å². The van der Waals surface area contributed by atoms with E-state index in [-0.39, 0.29) is 22.9 Å². The van der Waals surface area contributed by atoms with Gasteiger partial charge in [-0.3, -0.25) is 9.48 Å².